The Labute approximate surface area is 122 Å². The summed E-state index contributed by atoms with van der Waals surface area (Å²) in [6, 6.07) is 7.03. The molecule has 1 amide bonds. The van der Waals surface area contributed by atoms with Crippen LogP contribution < -0.4 is 10.1 Å². The molecule has 1 rings (SSSR count). The van der Waals surface area contributed by atoms with E-state index in [-0.39, 0.29) is 11.7 Å². The fourth-order valence-electron chi connectivity index (χ4n) is 1.47. The lowest BCUT2D eigenvalue weighted by Crippen LogP contribution is -2.40. The molecule has 0 spiro atoms. The topological polar surface area (TPSA) is 75.6 Å². The standard InChI is InChI=1S/C14H19NO4S/c1-9(14(17)18)10(2)15-13(16)8-20-12-6-4-5-11(7-12)19-3/h4-7,9-10H,8H2,1-3H3,(H,15,16)(H,17,18). The highest BCUT2D eigenvalue weighted by Crippen LogP contribution is 2.22. The lowest BCUT2D eigenvalue weighted by atomic mass is 10.0. The van der Waals surface area contributed by atoms with E-state index in [0.29, 0.717) is 0 Å². The fourth-order valence-corrected chi connectivity index (χ4v) is 2.23. The van der Waals surface area contributed by atoms with Gasteiger partial charge in [-0.25, -0.2) is 0 Å². The summed E-state index contributed by atoms with van der Waals surface area (Å²) in [6.07, 6.45) is 0. The van der Waals surface area contributed by atoms with Crippen molar-refractivity contribution in [2.75, 3.05) is 12.9 Å². The minimum atomic E-state index is -0.918. The van der Waals surface area contributed by atoms with Crippen molar-refractivity contribution in [3.05, 3.63) is 24.3 Å². The van der Waals surface area contributed by atoms with Gasteiger partial charge in [-0.3, -0.25) is 9.59 Å². The van der Waals surface area contributed by atoms with Crippen LogP contribution in [0, 0.1) is 5.92 Å². The zero-order valence-electron chi connectivity index (χ0n) is 11.8. The van der Waals surface area contributed by atoms with Gasteiger partial charge in [-0.2, -0.15) is 0 Å². The molecule has 0 radical (unpaired) electrons. The van der Waals surface area contributed by atoms with Crippen molar-refractivity contribution in [3.63, 3.8) is 0 Å². The highest BCUT2D eigenvalue weighted by molar-refractivity contribution is 8.00. The van der Waals surface area contributed by atoms with Gasteiger partial charge in [-0.1, -0.05) is 6.07 Å². The molecule has 0 aromatic heterocycles. The highest BCUT2D eigenvalue weighted by atomic mass is 32.2. The van der Waals surface area contributed by atoms with Crippen LogP contribution in [0.1, 0.15) is 13.8 Å². The first-order valence-corrected chi connectivity index (χ1v) is 7.21. The van der Waals surface area contributed by atoms with Gasteiger partial charge in [-0.15, -0.1) is 11.8 Å². The number of hydrogen-bond donors (Lipinski definition) is 2. The second-order valence-corrected chi connectivity index (χ2v) is 5.50. The Bertz CT molecular complexity index is 478. The average molecular weight is 297 g/mol. The Morgan fingerprint density at radius 2 is 2.10 bits per heavy atom. The number of nitrogens with one attached hydrogen (secondary N) is 1. The third-order valence-corrected chi connectivity index (χ3v) is 3.93. The van der Waals surface area contributed by atoms with Gasteiger partial charge >= 0.3 is 5.97 Å². The van der Waals surface area contributed by atoms with Gasteiger partial charge in [-0.05, 0) is 32.0 Å². The maximum Gasteiger partial charge on any atom is 0.308 e. The lowest BCUT2D eigenvalue weighted by molar-refractivity contribution is -0.142. The smallest absolute Gasteiger partial charge is 0.308 e. The van der Waals surface area contributed by atoms with Crippen LogP contribution in [0.5, 0.6) is 5.75 Å². The molecule has 1 aromatic rings. The van der Waals surface area contributed by atoms with Gasteiger partial charge < -0.3 is 15.2 Å². The van der Waals surface area contributed by atoms with Gasteiger partial charge in [0, 0.05) is 10.9 Å². The molecule has 1 aromatic carbocycles. The van der Waals surface area contributed by atoms with Gasteiger partial charge in [0.2, 0.25) is 5.91 Å². The van der Waals surface area contributed by atoms with Crippen molar-refractivity contribution < 1.29 is 19.4 Å². The number of carbonyl (C=O) groups is 2. The summed E-state index contributed by atoms with van der Waals surface area (Å²) in [6.45, 7) is 3.26. The number of benzene rings is 1. The van der Waals surface area contributed by atoms with Crippen LogP contribution >= 0.6 is 11.8 Å². The molecular formula is C14H19NO4S. The third kappa shape index (κ3) is 5.13. The average Bonchev–Trinajstić information content (AvgIpc) is 2.44. The molecule has 20 heavy (non-hydrogen) atoms. The minimum absolute atomic E-state index is 0.182. The quantitative estimate of drug-likeness (QED) is 0.753. The predicted molar refractivity (Wildman–Crippen MR) is 78.1 cm³/mol. The van der Waals surface area contributed by atoms with Crippen LogP contribution in [0.15, 0.2) is 29.2 Å². The lowest BCUT2D eigenvalue weighted by Gasteiger charge is -2.17. The molecule has 0 heterocycles. The SMILES string of the molecule is COc1cccc(SCC(=O)NC(C)C(C)C(=O)O)c1. The van der Waals surface area contributed by atoms with E-state index in [4.69, 9.17) is 9.84 Å². The molecule has 2 unspecified atom stereocenters. The first-order valence-electron chi connectivity index (χ1n) is 6.23. The van der Waals surface area contributed by atoms with Crippen LogP contribution in [-0.2, 0) is 9.59 Å². The van der Waals surface area contributed by atoms with E-state index in [1.54, 1.807) is 21.0 Å². The first-order chi connectivity index (χ1) is 9.43. The molecule has 0 fully saturated rings. The van der Waals surface area contributed by atoms with E-state index < -0.39 is 17.9 Å². The van der Waals surface area contributed by atoms with Gasteiger partial charge in [0.1, 0.15) is 5.75 Å². The minimum Gasteiger partial charge on any atom is -0.497 e. The summed E-state index contributed by atoms with van der Waals surface area (Å²) in [5, 5.41) is 11.5. The molecule has 5 nitrogen and oxygen atoms in total. The molecule has 2 N–H and O–H groups in total. The number of thioether (sulfide) groups is 1. The molecule has 2 atom stereocenters. The van der Waals surface area contributed by atoms with E-state index in [1.165, 1.54) is 11.8 Å². The second-order valence-electron chi connectivity index (χ2n) is 4.45. The van der Waals surface area contributed by atoms with Crippen LogP contribution in [0.25, 0.3) is 0 Å². The third-order valence-electron chi connectivity index (χ3n) is 2.94. The monoisotopic (exact) mass is 297 g/mol. The zero-order valence-corrected chi connectivity index (χ0v) is 12.6. The van der Waals surface area contributed by atoms with Crippen molar-refractivity contribution in [2.24, 2.45) is 5.92 Å². The largest absolute Gasteiger partial charge is 0.497 e. The molecule has 6 heteroatoms. The molecule has 0 aliphatic carbocycles. The summed E-state index contributed by atoms with van der Waals surface area (Å²) in [5.74, 6) is -0.732. The van der Waals surface area contributed by atoms with Crippen LogP contribution in [0.3, 0.4) is 0 Å². The van der Waals surface area contributed by atoms with E-state index in [9.17, 15) is 9.59 Å². The number of carboxylic acid groups (broad SMARTS) is 1. The van der Waals surface area contributed by atoms with E-state index >= 15 is 0 Å². The predicted octanol–water partition coefficient (Wildman–Crippen LogP) is 2.01. The Morgan fingerprint density at radius 1 is 1.40 bits per heavy atom. The normalized spacial score (nSPS) is 13.3. The van der Waals surface area contributed by atoms with Crippen molar-refractivity contribution >= 4 is 23.6 Å². The number of aliphatic carboxylic acids is 1. The number of rotatable bonds is 7. The molecule has 0 bridgehead atoms. The summed E-state index contributed by atoms with van der Waals surface area (Å²) >= 11 is 1.38. The Morgan fingerprint density at radius 3 is 2.70 bits per heavy atom. The number of methoxy groups -OCH3 is 1. The fraction of sp³-hybridized carbons (Fsp3) is 0.429. The second kappa shape index (κ2) is 7.79. The maximum atomic E-state index is 11.8. The zero-order chi connectivity index (χ0) is 15.1. The first kappa shape index (κ1) is 16.4. The number of carboxylic acids is 1. The van der Waals surface area contributed by atoms with Gasteiger partial charge in [0.25, 0.3) is 0 Å². The molecule has 0 aliphatic rings. The molecular weight excluding hydrogens is 278 g/mol. The highest BCUT2D eigenvalue weighted by Gasteiger charge is 2.20. The van der Waals surface area contributed by atoms with Crippen LogP contribution in [0.2, 0.25) is 0 Å². The summed E-state index contributed by atoms with van der Waals surface area (Å²) in [5.41, 5.74) is 0. The number of amides is 1. The van der Waals surface area contributed by atoms with Crippen molar-refractivity contribution in [1.29, 1.82) is 0 Å². The number of hydrogen-bond acceptors (Lipinski definition) is 4. The molecule has 0 saturated heterocycles. The number of carbonyl (C=O) groups excluding carboxylic acids is 1. The van der Waals surface area contributed by atoms with Gasteiger partial charge in [0.15, 0.2) is 0 Å². The van der Waals surface area contributed by atoms with E-state index in [0.717, 1.165) is 10.6 Å². The molecule has 0 saturated carbocycles. The van der Waals surface area contributed by atoms with Crippen LogP contribution in [-0.4, -0.2) is 35.9 Å². The summed E-state index contributed by atoms with van der Waals surface area (Å²) < 4.78 is 5.10. The van der Waals surface area contributed by atoms with Crippen molar-refractivity contribution in [3.8, 4) is 5.75 Å². The molecule has 0 aliphatic heterocycles. The Balaban J connectivity index is 2.45. The Kier molecular flexibility index (Phi) is 6.38. The van der Waals surface area contributed by atoms with E-state index in [2.05, 4.69) is 5.32 Å². The number of ether oxygens (including phenoxy) is 1. The molecule has 110 valence electrons. The summed E-state index contributed by atoms with van der Waals surface area (Å²) in [4.78, 5) is 23.5. The van der Waals surface area contributed by atoms with Crippen molar-refractivity contribution in [1.82, 2.24) is 5.32 Å². The van der Waals surface area contributed by atoms with Crippen molar-refractivity contribution in [2.45, 2.75) is 24.8 Å². The van der Waals surface area contributed by atoms with Crippen LogP contribution in [0.4, 0.5) is 0 Å². The van der Waals surface area contributed by atoms with Gasteiger partial charge in [0.05, 0.1) is 18.8 Å². The van der Waals surface area contributed by atoms with E-state index in [1.807, 2.05) is 24.3 Å². The maximum absolute atomic E-state index is 11.8. The Hall–Kier alpha value is -1.69. The summed E-state index contributed by atoms with van der Waals surface area (Å²) in [7, 11) is 1.59.